The average Bonchev–Trinajstić information content (AvgIpc) is 1.96. The molecule has 0 aliphatic carbocycles. The second kappa shape index (κ2) is 3.74. The van der Waals surface area contributed by atoms with Gasteiger partial charge in [-0.1, -0.05) is 11.6 Å². The lowest BCUT2D eigenvalue weighted by Gasteiger charge is -2.00. The Bertz CT molecular complexity index is 316. The first kappa shape index (κ1) is 9.29. The average molecular weight is 208 g/mol. The van der Waals surface area contributed by atoms with Gasteiger partial charge in [0.25, 0.3) is 0 Å². The van der Waals surface area contributed by atoms with Gasteiger partial charge in [-0.25, -0.2) is 4.39 Å². The van der Waals surface area contributed by atoms with E-state index < -0.39 is 11.2 Å². The third-order valence-electron chi connectivity index (χ3n) is 1.16. The van der Waals surface area contributed by atoms with Crippen molar-refractivity contribution in [3.8, 4) is 0 Å². The van der Waals surface area contributed by atoms with E-state index >= 15 is 0 Å². The predicted octanol–water partition coefficient (Wildman–Crippen LogP) is 3.25. The Labute approximate surface area is 78.3 Å². The molecule has 2 nitrogen and oxygen atoms in total. The van der Waals surface area contributed by atoms with E-state index in [1.165, 1.54) is 12.1 Å². The molecular formula is C7H4Cl2FNO. The van der Waals surface area contributed by atoms with Gasteiger partial charge in [-0.15, -0.1) is 0 Å². The summed E-state index contributed by atoms with van der Waals surface area (Å²) in [7, 11) is 0. The molecule has 0 aromatic heterocycles. The van der Waals surface area contributed by atoms with Crippen LogP contribution >= 0.6 is 23.2 Å². The normalized spacial score (nSPS) is 9.58. The maximum Gasteiger partial charge on any atom is 0.318 e. The van der Waals surface area contributed by atoms with Crippen LogP contribution in [0.2, 0.25) is 5.02 Å². The molecule has 0 unspecified atom stereocenters. The Morgan fingerprint density at radius 3 is 2.67 bits per heavy atom. The number of nitrogens with one attached hydrogen (secondary N) is 1. The molecule has 0 saturated carbocycles. The first-order valence-electron chi connectivity index (χ1n) is 3.01. The standard InChI is InChI=1S/C7H4Cl2FNO/c8-5-3-4(11-7(9)12)1-2-6(5)10/h1-3H,(H,11,12). The lowest BCUT2D eigenvalue weighted by atomic mass is 10.3. The van der Waals surface area contributed by atoms with Crippen molar-refractivity contribution >= 4 is 34.3 Å². The van der Waals surface area contributed by atoms with Gasteiger partial charge in [-0.3, -0.25) is 4.79 Å². The number of anilines is 1. The van der Waals surface area contributed by atoms with E-state index in [1.54, 1.807) is 0 Å². The van der Waals surface area contributed by atoms with Crippen LogP contribution in [0.4, 0.5) is 14.9 Å². The van der Waals surface area contributed by atoms with Crippen molar-refractivity contribution in [2.24, 2.45) is 0 Å². The fourth-order valence-corrected chi connectivity index (χ4v) is 0.977. The summed E-state index contributed by atoms with van der Waals surface area (Å²) in [5.74, 6) is -0.538. The molecule has 0 aliphatic heterocycles. The fourth-order valence-electron chi connectivity index (χ4n) is 0.687. The van der Waals surface area contributed by atoms with Crippen molar-refractivity contribution in [1.82, 2.24) is 0 Å². The molecule has 1 N–H and O–H groups in total. The summed E-state index contributed by atoms with van der Waals surface area (Å²) in [6, 6.07) is 3.78. The van der Waals surface area contributed by atoms with Gasteiger partial charge in [-0.2, -0.15) is 0 Å². The zero-order valence-electron chi connectivity index (χ0n) is 5.77. The molecule has 0 heterocycles. The number of hydrogen-bond acceptors (Lipinski definition) is 1. The van der Waals surface area contributed by atoms with Crippen LogP contribution in [-0.4, -0.2) is 5.37 Å². The van der Waals surface area contributed by atoms with Crippen LogP contribution in [0.25, 0.3) is 0 Å². The maximum absolute atomic E-state index is 12.6. The molecule has 1 amide bonds. The summed E-state index contributed by atoms with van der Waals surface area (Å²) in [5, 5.41) is 1.45. The van der Waals surface area contributed by atoms with Crippen molar-refractivity contribution in [2.45, 2.75) is 0 Å². The molecule has 0 bridgehead atoms. The maximum atomic E-state index is 12.6. The molecule has 64 valence electrons. The van der Waals surface area contributed by atoms with Crippen LogP contribution in [0.1, 0.15) is 0 Å². The Morgan fingerprint density at radius 2 is 2.17 bits per heavy atom. The van der Waals surface area contributed by atoms with Gasteiger partial charge in [0.15, 0.2) is 0 Å². The van der Waals surface area contributed by atoms with Crippen LogP contribution < -0.4 is 5.32 Å². The molecule has 0 aliphatic rings. The van der Waals surface area contributed by atoms with Gasteiger partial charge >= 0.3 is 5.37 Å². The Hall–Kier alpha value is -0.800. The minimum Gasteiger partial charge on any atom is -0.312 e. The summed E-state index contributed by atoms with van der Waals surface area (Å²) in [6.45, 7) is 0. The number of benzene rings is 1. The SMILES string of the molecule is O=C(Cl)Nc1ccc(F)c(Cl)c1. The van der Waals surface area contributed by atoms with Gasteiger partial charge in [0, 0.05) is 5.69 Å². The van der Waals surface area contributed by atoms with Crippen molar-refractivity contribution in [2.75, 3.05) is 5.32 Å². The molecule has 1 aromatic rings. The van der Waals surface area contributed by atoms with Crippen molar-refractivity contribution in [1.29, 1.82) is 0 Å². The van der Waals surface area contributed by atoms with Gasteiger partial charge < -0.3 is 5.32 Å². The van der Waals surface area contributed by atoms with E-state index in [0.29, 0.717) is 5.69 Å². The molecule has 0 saturated heterocycles. The van der Waals surface area contributed by atoms with Crippen LogP contribution in [0.15, 0.2) is 18.2 Å². The van der Waals surface area contributed by atoms with Crippen molar-refractivity contribution in [3.63, 3.8) is 0 Å². The highest BCUT2D eigenvalue weighted by molar-refractivity contribution is 6.65. The topological polar surface area (TPSA) is 29.1 Å². The predicted molar refractivity (Wildman–Crippen MR) is 46.3 cm³/mol. The number of rotatable bonds is 1. The Kier molecular flexibility index (Phi) is 2.89. The van der Waals surface area contributed by atoms with E-state index in [-0.39, 0.29) is 5.02 Å². The number of amides is 1. The highest BCUT2D eigenvalue weighted by atomic mass is 35.5. The zero-order valence-corrected chi connectivity index (χ0v) is 7.29. The number of carbonyl (C=O) groups excluding carboxylic acids is 1. The molecule has 0 spiro atoms. The summed E-state index contributed by atoms with van der Waals surface area (Å²) in [4.78, 5) is 10.3. The van der Waals surface area contributed by atoms with E-state index in [2.05, 4.69) is 5.32 Å². The van der Waals surface area contributed by atoms with Crippen LogP contribution in [0.5, 0.6) is 0 Å². The second-order valence-electron chi connectivity index (χ2n) is 2.03. The number of carbonyl (C=O) groups is 1. The van der Waals surface area contributed by atoms with Crippen LogP contribution in [-0.2, 0) is 0 Å². The van der Waals surface area contributed by atoms with Gasteiger partial charge in [0.2, 0.25) is 0 Å². The monoisotopic (exact) mass is 207 g/mol. The fraction of sp³-hybridized carbons (Fsp3) is 0. The first-order chi connectivity index (χ1) is 5.59. The molecule has 0 radical (unpaired) electrons. The molecule has 1 rings (SSSR count). The van der Waals surface area contributed by atoms with Crippen LogP contribution in [0.3, 0.4) is 0 Å². The van der Waals surface area contributed by atoms with E-state index in [0.717, 1.165) is 6.07 Å². The molecule has 0 fully saturated rings. The summed E-state index contributed by atoms with van der Waals surface area (Å²) < 4.78 is 12.6. The third kappa shape index (κ3) is 2.36. The van der Waals surface area contributed by atoms with E-state index in [1.807, 2.05) is 0 Å². The largest absolute Gasteiger partial charge is 0.318 e. The third-order valence-corrected chi connectivity index (χ3v) is 1.55. The molecule has 1 aromatic carbocycles. The van der Waals surface area contributed by atoms with Crippen molar-refractivity contribution < 1.29 is 9.18 Å². The molecular weight excluding hydrogens is 204 g/mol. The first-order valence-corrected chi connectivity index (χ1v) is 3.77. The molecule has 0 atom stereocenters. The molecule has 12 heavy (non-hydrogen) atoms. The highest BCUT2D eigenvalue weighted by Crippen LogP contribution is 2.19. The number of halogens is 3. The minimum atomic E-state index is -0.738. The quantitative estimate of drug-likeness (QED) is 0.556. The molecule has 5 heteroatoms. The van der Waals surface area contributed by atoms with E-state index in [9.17, 15) is 9.18 Å². The zero-order chi connectivity index (χ0) is 9.14. The summed E-state index contributed by atoms with van der Waals surface area (Å²) in [5.41, 5.74) is 0.362. The Balaban J connectivity index is 2.89. The minimum absolute atomic E-state index is 0.0575. The van der Waals surface area contributed by atoms with Gasteiger partial charge in [-0.05, 0) is 29.8 Å². The lowest BCUT2D eigenvalue weighted by molar-refractivity contribution is 0.269. The van der Waals surface area contributed by atoms with Crippen molar-refractivity contribution in [3.05, 3.63) is 29.0 Å². The Morgan fingerprint density at radius 1 is 1.50 bits per heavy atom. The van der Waals surface area contributed by atoms with Gasteiger partial charge in [0.1, 0.15) is 5.82 Å². The smallest absolute Gasteiger partial charge is 0.312 e. The highest BCUT2D eigenvalue weighted by Gasteiger charge is 2.01. The van der Waals surface area contributed by atoms with Gasteiger partial charge in [0.05, 0.1) is 5.02 Å². The lowest BCUT2D eigenvalue weighted by Crippen LogP contribution is -2.00. The second-order valence-corrected chi connectivity index (χ2v) is 2.78. The summed E-state index contributed by atoms with van der Waals surface area (Å²) in [6.07, 6.45) is 0. The van der Waals surface area contributed by atoms with E-state index in [4.69, 9.17) is 23.2 Å². The van der Waals surface area contributed by atoms with Crippen LogP contribution in [0, 0.1) is 5.82 Å². The summed E-state index contributed by atoms with van der Waals surface area (Å²) >= 11 is 10.4. The number of hydrogen-bond donors (Lipinski definition) is 1.